The van der Waals surface area contributed by atoms with E-state index < -0.39 is 29.7 Å². The first-order valence-electron chi connectivity index (χ1n) is 9.58. The smallest absolute Gasteiger partial charge is 0.306 e. The van der Waals surface area contributed by atoms with Crippen molar-refractivity contribution in [2.75, 3.05) is 0 Å². The lowest BCUT2D eigenvalue weighted by molar-refractivity contribution is -0.146. The fourth-order valence-corrected chi connectivity index (χ4v) is 3.20. The van der Waals surface area contributed by atoms with Gasteiger partial charge in [0.1, 0.15) is 0 Å². The summed E-state index contributed by atoms with van der Waals surface area (Å²) < 4.78 is 0. The van der Waals surface area contributed by atoms with Crippen LogP contribution in [0.1, 0.15) is 63.0 Å². The van der Waals surface area contributed by atoms with E-state index in [0.29, 0.717) is 32.1 Å². The summed E-state index contributed by atoms with van der Waals surface area (Å²) in [5, 5.41) is 27.5. The van der Waals surface area contributed by atoms with E-state index in [-0.39, 0.29) is 12.8 Å². The molecule has 2 unspecified atom stereocenters. The highest BCUT2D eigenvalue weighted by Gasteiger charge is 2.26. The van der Waals surface area contributed by atoms with Crippen molar-refractivity contribution in [2.24, 2.45) is 11.8 Å². The zero-order chi connectivity index (χ0) is 20.2. The maximum absolute atomic E-state index is 11.6. The summed E-state index contributed by atoms with van der Waals surface area (Å²) in [4.78, 5) is 33.5. The number of carbonyl (C=O) groups is 3. The topological polar surface area (TPSA) is 112 Å². The van der Waals surface area contributed by atoms with E-state index in [1.165, 1.54) is 5.56 Å². The van der Waals surface area contributed by atoms with Gasteiger partial charge < -0.3 is 15.3 Å². The molecule has 2 atom stereocenters. The summed E-state index contributed by atoms with van der Waals surface area (Å²) >= 11 is 0. The maximum atomic E-state index is 11.6. The van der Waals surface area contributed by atoms with Crippen molar-refractivity contribution in [1.82, 2.24) is 0 Å². The highest BCUT2D eigenvalue weighted by molar-refractivity contribution is 5.73. The highest BCUT2D eigenvalue weighted by atomic mass is 16.4. The van der Waals surface area contributed by atoms with Crippen LogP contribution in [0.5, 0.6) is 0 Å². The van der Waals surface area contributed by atoms with Crippen LogP contribution in [-0.2, 0) is 27.2 Å². The lowest BCUT2D eigenvalue weighted by atomic mass is 9.87. The zero-order valence-corrected chi connectivity index (χ0v) is 15.9. The minimum atomic E-state index is -1.01. The minimum absolute atomic E-state index is 0.00270. The molecule has 0 amide bonds. The Morgan fingerprint density at radius 1 is 0.815 bits per heavy atom. The molecular weight excluding hydrogens is 348 g/mol. The third-order valence-electron chi connectivity index (χ3n) is 4.80. The maximum Gasteiger partial charge on any atom is 0.306 e. The van der Waals surface area contributed by atoms with Crippen LogP contribution >= 0.6 is 0 Å². The van der Waals surface area contributed by atoms with Gasteiger partial charge in [-0.25, -0.2) is 0 Å². The lowest BCUT2D eigenvalue weighted by Gasteiger charge is -2.18. The van der Waals surface area contributed by atoms with Gasteiger partial charge in [-0.05, 0) is 49.7 Å². The van der Waals surface area contributed by atoms with Crippen molar-refractivity contribution >= 4 is 17.9 Å². The molecule has 150 valence electrons. The molecule has 0 saturated heterocycles. The Labute approximate surface area is 160 Å². The van der Waals surface area contributed by atoms with Crippen molar-refractivity contribution in [3.05, 3.63) is 35.4 Å². The molecule has 6 nitrogen and oxygen atoms in total. The summed E-state index contributed by atoms with van der Waals surface area (Å²) in [7, 11) is 0. The molecule has 0 bridgehead atoms. The fraction of sp³-hybridized carbons (Fsp3) is 0.571. The molecule has 1 aromatic rings. The van der Waals surface area contributed by atoms with E-state index in [9.17, 15) is 24.6 Å². The predicted octanol–water partition coefficient (Wildman–Crippen LogP) is 4.01. The molecule has 27 heavy (non-hydrogen) atoms. The molecule has 0 heterocycles. The average Bonchev–Trinajstić information content (AvgIpc) is 2.61. The van der Waals surface area contributed by atoms with Gasteiger partial charge in [-0.3, -0.25) is 14.4 Å². The number of aryl methyl sites for hydroxylation is 2. The number of rotatable bonds is 14. The van der Waals surface area contributed by atoms with Crippen LogP contribution in [0.25, 0.3) is 0 Å². The van der Waals surface area contributed by atoms with Gasteiger partial charge in [-0.2, -0.15) is 0 Å². The number of hydrogen-bond donors (Lipinski definition) is 3. The third kappa shape index (κ3) is 9.22. The SMILES string of the molecule is CCCc1ccc(CCC(CC(CCCCC(=O)O)C(=O)O)C(=O)O)cc1. The Morgan fingerprint density at radius 3 is 1.81 bits per heavy atom. The molecule has 0 aliphatic rings. The largest absolute Gasteiger partial charge is 0.481 e. The summed E-state index contributed by atoms with van der Waals surface area (Å²) in [6.07, 6.45) is 4.32. The van der Waals surface area contributed by atoms with E-state index in [0.717, 1.165) is 18.4 Å². The molecule has 0 aliphatic carbocycles. The predicted molar refractivity (Wildman–Crippen MR) is 102 cm³/mol. The number of benzene rings is 1. The Kier molecular flexibility index (Phi) is 10.2. The quantitative estimate of drug-likeness (QED) is 0.422. The average molecular weight is 378 g/mol. The second kappa shape index (κ2) is 12.1. The molecule has 3 N–H and O–H groups in total. The van der Waals surface area contributed by atoms with Crippen molar-refractivity contribution in [2.45, 2.75) is 64.7 Å². The number of aliphatic carboxylic acids is 3. The molecule has 1 rings (SSSR count). The number of carboxylic acids is 3. The van der Waals surface area contributed by atoms with Gasteiger partial charge in [0.25, 0.3) is 0 Å². The van der Waals surface area contributed by atoms with Crippen LogP contribution in [0.4, 0.5) is 0 Å². The first kappa shape index (κ1) is 22.7. The van der Waals surface area contributed by atoms with E-state index in [4.69, 9.17) is 5.11 Å². The number of carboxylic acid groups (broad SMARTS) is 3. The first-order valence-corrected chi connectivity index (χ1v) is 9.58. The molecule has 0 radical (unpaired) electrons. The fourth-order valence-electron chi connectivity index (χ4n) is 3.20. The van der Waals surface area contributed by atoms with Crippen molar-refractivity contribution < 1.29 is 29.7 Å². The Bertz CT molecular complexity index is 608. The highest BCUT2D eigenvalue weighted by Crippen LogP contribution is 2.24. The van der Waals surface area contributed by atoms with Crippen LogP contribution in [-0.4, -0.2) is 33.2 Å². The van der Waals surface area contributed by atoms with Gasteiger partial charge in [-0.1, -0.05) is 44.0 Å². The monoisotopic (exact) mass is 378 g/mol. The Morgan fingerprint density at radius 2 is 1.33 bits per heavy atom. The summed E-state index contributed by atoms with van der Waals surface area (Å²) in [5.41, 5.74) is 2.30. The van der Waals surface area contributed by atoms with Gasteiger partial charge in [0.05, 0.1) is 11.8 Å². The van der Waals surface area contributed by atoms with Crippen LogP contribution < -0.4 is 0 Å². The van der Waals surface area contributed by atoms with Gasteiger partial charge >= 0.3 is 17.9 Å². The van der Waals surface area contributed by atoms with Gasteiger partial charge in [-0.15, -0.1) is 0 Å². The van der Waals surface area contributed by atoms with Crippen molar-refractivity contribution in [3.63, 3.8) is 0 Å². The second-order valence-electron chi connectivity index (χ2n) is 7.05. The van der Waals surface area contributed by atoms with Crippen LogP contribution in [0.15, 0.2) is 24.3 Å². The van der Waals surface area contributed by atoms with Crippen LogP contribution in [0, 0.1) is 11.8 Å². The Balaban J connectivity index is 2.57. The summed E-state index contributed by atoms with van der Waals surface area (Å²) in [6.45, 7) is 2.12. The zero-order valence-electron chi connectivity index (χ0n) is 15.9. The standard InChI is InChI=1S/C21H30O6/c1-2-5-15-8-10-16(11-9-15)12-13-18(21(26)27)14-17(20(24)25)6-3-4-7-19(22)23/h8-11,17-18H,2-7,12-14H2,1H3,(H,22,23)(H,24,25)(H,26,27). The summed E-state index contributed by atoms with van der Waals surface area (Å²) in [5.74, 6) is -4.38. The molecular formula is C21H30O6. The second-order valence-corrected chi connectivity index (χ2v) is 7.05. The third-order valence-corrected chi connectivity index (χ3v) is 4.80. The normalized spacial score (nSPS) is 13.1. The van der Waals surface area contributed by atoms with Gasteiger partial charge in [0, 0.05) is 6.42 Å². The summed E-state index contributed by atoms with van der Waals surface area (Å²) in [6, 6.07) is 8.11. The Hall–Kier alpha value is -2.37. The number of unbranched alkanes of at least 4 members (excludes halogenated alkanes) is 1. The van der Waals surface area contributed by atoms with Gasteiger partial charge in [0.2, 0.25) is 0 Å². The first-order chi connectivity index (χ1) is 12.8. The lowest BCUT2D eigenvalue weighted by Crippen LogP contribution is -2.23. The van der Waals surface area contributed by atoms with Crippen LogP contribution in [0.3, 0.4) is 0 Å². The van der Waals surface area contributed by atoms with E-state index in [2.05, 4.69) is 19.1 Å². The van der Waals surface area contributed by atoms with E-state index in [1.807, 2.05) is 12.1 Å². The van der Waals surface area contributed by atoms with Gasteiger partial charge in [0.15, 0.2) is 0 Å². The molecule has 0 aromatic heterocycles. The van der Waals surface area contributed by atoms with Crippen molar-refractivity contribution in [3.8, 4) is 0 Å². The molecule has 0 saturated carbocycles. The molecule has 1 aromatic carbocycles. The van der Waals surface area contributed by atoms with E-state index >= 15 is 0 Å². The molecule has 0 aliphatic heterocycles. The minimum Gasteiger partial charge on any atom is -0.481 e. The molecule has 6 heteroatoms. The van der Waals surface area contributed by atoms with Crippen LogP contribution in [0.2, 0.25) is 0 Å². The number of hydrogen-bond acceptors (Lipinski definition) is 3. The molecule has 0 fully saturated rings. The van der Waals surface area contributed by atoms with E-state index in [1.54, 1.807) is 0 Å². The van der Waals surface area contributed by atoms with Crippen molar-refractivity contribution in [1.29, 1.82) is 0 Å². The molecule has 0 spiro atoms.